The Bertz CT molecular complexity index is 775. The predicted octanol–water partition coefficient (Wildman–Crippen LogP) is 5.08. The molecule has 1 fully saturated rings. The fourth-order valence-electron chi connectivity index (χ4n) is 3.64. The molecule has 0 amide bonds. The van der Waals surface area contributed by atoms with Crippen LogP contribution < -0.4 is 10.5 Å². The number of hydrogen-bond donors (Lipinski definition) is 1. The van der Waals surface area contributed by atoms with E-state index in [1.165, 1.54) is 18.4 Å². The van der Waals surface area contributed by atoms with Crippen LogP contribution >= 0.6 is 0 Å². The molecule has 0 heterocycles. The van der Waals surface area contributed by atoms with Gasteiger partial charge in [-0.05, 0) is 60.5 Å². The molecule has 0 bridgehead atoms. The number of carbonyl (C=O) groups is 2. The molecule has 0 saturated heterocycles. The minimum absolute atomic E-state index is 0.0878. The van der Waals surface area contributed by atoms with Crippen LogP contribution in [0.25, 0.3) is 0 Å². The van der Waals surface area contributed by atoms with Crippen molar-refractivity contribution in [1.29, 1.82) is 0 Å². The van der Waals surface area contributed by atoms with Gasteiger partial charge in [0.15, 0.2) is 0 Å². The van der Waals surface area contributed by atoms with Crippen LogP contribution in [-0.4, -0.2) is 30.8 Å². The normalized spacial score (nSPS) is 17.2. The summed E-state index contributed by atoms with van der Waals surface area (Å²) >= 11 is 0. The SMILES string of the molecule is CC(CCOc1c(C(C)C)cccc1[C@H](C)C1CC1)C[C@H](N)C(=O)OC(=O)C(F)(F)F. The molecule has 1 unspecified atom stereocenters. The van der Waals surface area contributed by atoms with Gasteiger partial charge in [0.2, 0.25) is 0 Å². The van der Waals surface area contributed by atoms with Crippen molar-refractivity contribution in [3.05, 3.63) is 29.3 Å². The van der Waals surface area contributed by atoms with Gasteiger partial charge in [0.25, 0.3) is 0 Å². The van der Waals surface area contributed by atoms with E-state index in [1.54, 1.807) is 0 Å². The van der Waals surface area contributed by atoms with Crippen molar-refractivity contribution in [2.24, 2.45) is 17.6 Å². The van der Waals surface area contributed by atoms with Gasteiger partial charge in [-0.2, -0.15) is 13.2 Å². The molecule has 1 aliphatic carbocycles. The Hall–Kier alpha value is -2.09. The second-order valence-corrected chi connectivity index (χ2v) is 8.84. The number of rotatable bonds is 10. The standard InChI is InChI=1S/C23H32F3NO4/c1-13(2)17-6-5-7-18(15(4)16-8-9-16)20(17)30-11-10-14(3)12-19(27)21(28)31-22(29)23(24,25)26/h5-7,13-16,19H,8-12,27H2,1-4H3/t14?,15-,19+/m1/s1. The molecule has 1 aromatic rings. The number of halogens is 3. The lowest BCUT2D eigenvalue weighted by Crippen LogP contribution is -2.38. The van der Waals surface area contributed by atoms with Gasteiger partial charge in [0.1, 0.15) is 11.8 Å². The van der Waals surface area contributed by atoms with E-state index in [2.05, 4.69) is 43.7 Å². The molecule has 8 heteroatoms. The zero-order valence-corrected chi connectivity index (χ0v) is 18.5. The van der Waals surface area contributed by atoms with E-state index in [9.17, 15) is 22.8 Å². The van der Waals surface area contributed by atoms with Gasteiger partial charge in [0, 0.05) is 0 Å². The second-order valence-electron chi connectivity index (χ2n) is 8.84. The Morgan fingerprint density at radius 1 is 1.13 bits per heavy atom. The average Bonchev–Trinajstić information content (AvgIpc) is 3.51. The number of ether oxygens (including phenoxy) is 2. The smallest absolute Gasteiger partial charge is 0.491 e. The molecular weight excluding hydrogens is 411 g/mol. The van der Waals surface area contributed by atoms with Gasteiger partial charge in [-0.3, -0.25) is 0 Å². The molecule has 1 saturated carbocycles. The van der Waals surface area contributed by atoms with Crippen LogP contribution in [-0.2, 0) is 14.3 Å². The van der Waals surface area contributed by atoms with Crippen LogP contribution in [0.5, 0.6) is 5.75 Å². The van der Waals surface area contributed by atoms with Gasteiger partial charge in [-0.25, -0.2) is 9.59 Å². The van der Waals surface area contributed by atoms with Crippen LogP contribution in [0, 0.1) is 11.8 Å². The number of para-hydroxylation sites is 1. The first-order valence-corrected chi connectivity index (χ1v) is 10.8. The molecule has 5 nitrogen and oxygen atoms in total. The van der Waals surface area contributed by atoms with Gasteiger partial charge in [-0.15, -0.1) is 0 Å². The van der Waals surface area contributed by atoms with Crippen molar-refractivity contribution in [3.8, 4) is 5.75 Å². The predicted molar refractivity (Wildman–Crippen MR) is 111 cm³/mol. The largest absolute Gasteiger partial charge is 0.493 e. The van der Waals surface area contributed by atoms with Gasteiger partial charge >= 0.3 is 18.1 Å². The maximum atomic E-state index is 12.2. The monoisotopic (exact) mass is 443 g/mol. The van der Waals surface area contributed by atoms with Crippen LogP contribution in [0.4, 0.5) is 13.2 Å². The number of nitrogens with two attached hydrogens (primary N) is 1. The highest BCUT2D eigenvalue weighted by molar-refractivity contribution is 5.90. The quantitative estimate of drug-likeness (QED) is 0.403. The molecule has 1 aromatic carbocycles. The molecule has 2 N–H and O–H groups in total. The van der Waals surface area contributed by atoms with Crippen molar-refractivity contribution in [3.63, 3.8) is 0 Å². The van der Waals surface area contributed by atoms with Crippen molar-refractivity contribution in [2.75, 3.05) is 6.61 Å². The maximum absolute atomic E-state index is 12.2. The minimum Gasteiger partial charge on any atom is -0.493 e. The zero-order chi connectivity index (χ0) is 23.3. The topological polar surface area (TPSA) is 78.6 Å². The molecule has 3 atom stereocenters. The van der Waals surface area contributed by atoms with Crippen molar-refractivity contribution in [1.82, 2.24) is 0 Å². The minimum atomic E-state index is -5.23. The van der Waals surface area contributed by atoms with Crippen molar-refractivity contribution in [2.45, 2.75) is 77.4 Å². The van der Waals surface area contributed by atoms with E-state index in [-0.39, 0.29) is 12.3 Å². The third-order valence-corrected chi connectivity index (χ3v) is 5.76. The highest BCUT2D eigenvalue weighted by Crippen LogP contribution is 2.46. The summed E-state index contributed by atoms with van der Waals surface area (Å²) in [5.41, 5.74) is 7.97. The zero-order valence-electron chi connectivity index (χ0n) is 18.5. The summed E-state index contributed by atoms with van der Waals surface area (Å²) in [6, 6.07) is 4.92. The van der Waals surface area contributed by atoms with E-state index >= 15 is 0 Å². The van der Waals surface area contributed by atoms with Crippen LogP contribution in [0.2, 0.25) is 0 Å². The summed E-state index contributed by atoms with van der Waals surface area (Å²) in [5, 5.41) is 0. The Labute approximate surface area is 181 Å². The second kappa shape index (κ2) is 10.5. The molecule has 174 valence electrons. The lowest BCUT2D eigenvalue weighted by atomic mass is 9.90. The first-order chi connectivity index (χ1) is 14.4. The third-order valence-electron chi connectivity index (χ3n) is 5.76. The van der Waals surface area contributed by atoms with E-state index in [4.69, 9.17) is 10.5 Å². The Morgan fingerprint density at radius 2 is 1.74 bits per heavy atom. The number of hydrogen-bond acceptors (Lipinski definition) is 5. The molecule has 31 heavy (non-hydrogen) atoms. The number of carbonyl (C=O) groups excluding carboxylic acids is 2. The molecule has 0 aromatic heterocycles. The molecule has 2 rings (SSSR count). The van der Waals surface area contributed by atoms with Gasteiger partial charge < -0.3 is 15.2 Å². The number of benzene rings is 1. The highest BCUT2D eigenvalue weighted by Gasteiger charge is 2.43. The number of esters is 2. The fraction of sp³-hybridized carbons (Fsp3) is 0.652. The van der Waals surface area contributed by atoms with Gasteiger partial charge in [-0.1, -0.05) is 45.9 Å². The summed E-state index contributed by atoms with van der Waals surface area (Å²) < 4.78 is 46.6. The van der Waals surface area contributed by atoms with E-state index in [1.807, 2.05) is 6.92 Å². The lowest BCUT2D eigenvalue weighted by molar-refractivity contribution is -0.202. The lowest BCUT2D eigenvalue weighted by Gasteiger charge is -2.22. The summed E-state index contributed by atoms with van der Waals surface area (Å²) in [4.78, 5) is 22.4. The van der Waals surface area contributed by atoms with E-state index in [0.29, 0.717) is 30.8 Å². The van der Waals surface area contributed by atoms with Crippen molar-refractivity contribution >= 4 is 11.9 Å². The van der Waals surface area contributed by atoms with Crippen LogP contribution in [0.15, 0.2) is 18.2 Å². The number of alkyl halides is 3. The van der Waals surface area contributed by atoms with E-state index < -0.39 is 24.2 Å². The molecule has 0 spiro atoms. The first kappa shape index (κ1) is 25.2. The van der Waals surface area contributed by atoms with Gasteiger partial charge in [0.05, 0.1) is 6.61 Å². The summed E-state index contributed by atoms with van der Waals surface area (Å²) in [6.07, 6.45) is -2.13. The average molecular weight is 444 g/mol. The fourth-order valence-corrected chi connectivity index (χ4v) is 3.64. The van der Waals surface area contributed by atoms with Crippen LogP contribution in [0.3, 0.4) is 0 Å². The Balaban J connectivity index is 1.92. The van der Waals surface area contributed by atoms with E-state index in [0.717, 1.165) is 11.3 Å². The molecular formula is C23H32F3NO4. The Morgan fingerprint density at radius 3 is 2.29 bits per heavy atom. The summed E-state index contributed by atoms with van der Waals surface area (Å²) in [7, 11) is 0. The highest BCUT2D eigenvalue weighted by atomic mass is 19.4. The molecule has 0 aliphatic heterocycles. The van der Waals surface area contributed by atoms with Crippen molar-refractivity contribution < 1.29 is 32.2 Å². The summed E-state index contributed by atoms with van der Waals surface area (Å²) in [6.45, 7) is 8.66. The van der Waals surface area contributed by atoms with Crippen LogP contribution in [0.1, 0.15) is 76.3 Å². The molecule has 1 aliphatic rings. The Kier molecular flexibility index (Phi) is 8.51. The first-order valence-electron chi connectivity index (χ1n) is 10.8. The maximum Gasteiger partial charge on any atom is 0.491 e. The molecule has 0 radical (unpaired) electrons. The summed E-state index contributed by atoms with van der Waals surface area (Å²) in [5.74, 6) is -1.73. The third kappa shape index (κ3) is 7.23.